The molecular formula is C35H42N2O8. The number of hydrogen-bond donors (Lipinski definition) is 2. The number of aliphatic carboxylic acids is 1. The van der Waals surface area contributed by atoms with Gasteiger partial charge in [0, 0.05) is 31.3 Å². The first-order chi connectivity index (χ1) is 21.9. The number of carbonyl (C=O) groups is 2. The van der Waals surface area contributed by atoms with Gasteiger partial charge in [0.15, 0.2) is 18.3 Å². The van der Waals surface area contributed by atoms with Crippen LogP contribution in [-0.4, -0.2) is 68.9 Å². The molecule has 1 saturated heterocycles. The number of amides is 1. The fourth-order valence-electron chi connectivity index (χ4n) is 6.47. The van der Waals surface area contributed by atoms with E-state index in [4.69, 9.17) is 23.7 Å². The first kappa shape index (κ1) is 32.3. The zero-order valence-corrected chi connectivity index (χ0v) is 26.3. The van der Waals surface area contributed by atoms with Gasteiger partial charge in [-0.05, 0) is 65.8 Å². The van der Waals surface area contributed by atoms with Gasteiger partial charge in [0.25, 0.3) is 0 Å². The minimum Gasteiger partial charge on any atom is -0.481 e. The largest absolute Gasteiger partial charge is 0.481 e. The van der Waals surface area contributed by atoms with Gasteiger partial charge in [0.1, 0.15) is 5.75 Å². The molecular weight excluding hydrogens is 576 g/mol. The van der Waals surface area contributed by atoms with E-state index in [1.165, 1.54) is 0 Å². The molecule has 10 heteroatoms. The summed E-state index contributed by atoms with van der Waals surface area (Å²) in [4.78, 5) is 28.7. The maximum Gasteiger partial charge on any atom is 0.309 e. The molecule has 2 aliphatic heterocycles. The molecule has 10 nitrogen and oxygen atoms in total. The third-order valence-electron chi connectivity index (χ3n) is 8.68. The SMILES string of the molecule is CCc1cccc(CC)c1NC(=O)CN1C[C@H](c2ccc3c(c2C)OCO3)C(C(=O)O)[C@@H]1c1ccc(OCOCCOC)cc1. The third kappa shape index (κ3) is 7.08. The number of nitrogens with zero attached hydrogens (tertiary/aromatic N) is 1. The summed E-state index contributed by atoms with van der Waals surface area (Å²) in [5.74, 6) is -0.447. The van der Waals surface area contributed by atoms with Gasteiger partial charge >= 0.3 is 5.97 Å². The number of carboxylic acid groups (broad SMARTS) is 1. The van der Waals surface area contributed by atoms with Crippen molar-refractivity contribution in [3.63, 3.8) is 0 Å². The van der Waals surface area contributed by atoms with Crippen molar-refractivity contribution in [1.29, 1.82) is 0 Å². The highest BCUT2D eigenvalue weighted by molar-refractivity contribution is 5.94. The number of rotatable bonds is 14. The summed E-state index contributed by atoms with van der Waals surface area (Å²) in [6, 6.07) is 16.6. The van der Waals surface area contributed by atoms with Gasteiger partial charge in [-0.15, -0.1) is 0 Å². The Morgan fingerprint density at radius 2 is 1.73 bits per heavy atom. The summed E-state index contributed by atoms with van der Waals surface area (Å²) in [6.07, 6.45) is 1.57. The Morgan fingerprint density at radius 1 is 1.00 bits per heavy atom. The van der Waals surface area contributed by atoms with Gasteiger partial charge < -0.3 is 34.1 Å². The van der Waals surface area contributed by atoms with Crippen LogP contribution >= 0.6 is 0 Å². The molecule has 0 spiro atoms. The van der Waals surface area contributed by atoms with Crippen molar-refractivity contribution >= 4 is 17.6 Å². The monoisotopic (exact) mass is 618 g/mol. The quantitative estimate of drug-likeness (QED) is 0.183. The Kier molecular flexibility index (Phi) is 10.6. The predicted molar refractivity (Wildman–Crippen MR) is 169 cm³/mol. The van der Waals surface area contributed by atoms with Crippen molar-refractivity contribution in [2.45, 2.75) is 45.6 Å². The number of benzene rings is 3. The highest BCUT2D eigenvalue weighted by Crippen LogP contribution is 2.49. The highest BCUT2D eigenvalue weighted by atomic mass is 16.7. The van der Waals surface area contributed by atoms with Crippen molar-refractivity contribution in [3.8, 4) is 17.2 Å². The number of anilines is 1. The van der Waals surface area contributed by atoms with Crippen LogP contribution in [0.2, 0.25) is 0 Å². The molecule has 45 heavy (non-hydrogen) atoms. The lowest BCUT2D eigenvalue weighted by Gasteiger charge is -2.27. The lowest BCUT2D eigenvalue weighted by molar-refractivity contribution is -0.143. The van der Waals surface area contributed by atoms with Crippen LogP contribution in [0, 0.1) is 12.8 Å². The minimum absolute atomic E-state index is 0.0291. The topological polar surface area (TPSA) is 116 Å². The van der Waals surface area contributed by atoms with Crippen molar-refractivity contribution in [2.75, 3.05) is 52.3 Å². The number of methoxy groups -OCH3 is 1. The van der Waals surface area contributed by atoms with E-state index in [2.05, 4.69) is 19.2 Å². The summed E-state index contributed by atoms with van der Waals surface area (Å²) >= 11 is 0. The third-order valence-corrected chi connectivity index (χ3v) is 8.68. The van der Waals surface area contributed by atoms with Crippen molar-refractivity contribution < 1.29 is 38.4 Å². The normalized spacial score (nSPS) is 19.1. The number of hydrogen-bond acceptors (Lipinski definition) is 8. The van der Waals surface area contributed by atoms with E-state index < -0.39 is 23.8 Å². The van der Waals surface area contributed by atoms with Crippen LogP contribution in [0.4, 0.5) is 5.69 Å². The first-order valence-electron chi connectivity index (χ1n) is 15.4. The van der Waals surface area contributed by atoms with E-state index in [1.807, 2.05) is 54.3 Å². The smallest absolute Gasteiger partial charge is 0.309 e. The lowest BCUT2D eigenvalue weighted by atomic mass is 9.81. The molecule has 0 saturated carbocycles. The molecule has 1 amide bonds. The number of carbonyl (C=O) groups excluding carboxylic acids is 1. The van der Waals surface area contributed by atoms with Gasteiger partial charge in [-0.1, -0.05) is 50.2 Å². The van der Waals surface area contributed by atoms with Crippen LogP contribution in [0.1, 0.15) is 53.6 Å². The van der Waals surface area contributed by atoms with Crippen LogP contribution in [-0.2, 0) is 31.9 Å². The second-order valence-electron chi connectivity index (χ2n) is 11.3. The zero-order chi connectivity index (χ0) is 31.9. The maximum atomic E-state index is 13.7. The zero-order valence-electron chi connectivity index (χ0n) is 26.3. The van der Waals surface area contributed by atoms with E-state index in [1.54, 1.807) is 19.2 Å². The summed E-state index contributed by atoms with van der Waals surface area (Å²) < 4.78 is 27.4. The van der Waals surface area contributed by atoms with E-state index in [9.17, 15) is 14.7 Å². The fraction of sp³-hybridized carbons (Fsp3) is 0.429. The Labute approximate surface area is 264 Å². The first-order valence-corrected chi connectivity index (χ1v) is 15.4. The second-order valence-corrected chi connectivity index (χ2v) is 11.3. The average molecular weight is 619 g/mol. The highest BCUT2D eigenvalue weighted by Gasteiger charge is 2.48. The van der Waals surface area contributed by atoms with Crippen LogP contribution < -0.4 is 19.5 Å². The summed E-state index contributed by atoms with van der Waals surface area (Å²) in [5, 5.41) is 13.9. The van der Waals surface area contributed by atoms with Gasteiger partial charge in [0.2, 0.25) is 12.7 Å². The molecule has 5 rings (SSSR count). The number of fused-ring (bicyclic) bond motifs is 1. The van der Waals surface area contributed by atoms with E-state index in [0.29, 0.717) is 37.0 Å². The maximum absolute atomic E-state index is 13.7. The molecule has 240 valence electrons. The van der Waals surface area contributed by atoms with Gasteiger partial charge in [-0.25, -0.2) is 0 Å². The Morgan fingerprint density at radius 3 is 2.40 bits per heavy atom. The predicted octanol–water partition coefficient (Wildman–Crippen LogP) is 5.33. The summed E-state index contributed by atoms with van der Waals surface area (Å²) in [6.45, 7) is 7.55. The molecule has 2 heterocycles. The molecule has 2 aliphatic rings. The molecule has 3 aromatic rings. The Bertz CT molecular complexity index is 1470. The van der Waals surface area contributed by atoms with Crippen molar-refractivity contribution in [3.05, 3.63) is 82.4 Å². The molecule has 0 radical (unpaired) electrons. The van der Waals surface area contributed by atoms with Crippen molar-refractivity contribution in [2.24, 2.45) is 5.92 Å². The fourth-order valence-corrected chi connectivity index (χ4v) is 6.47. The molecule has 1 unspecified atom stereocenters. The van der Waals surface area contributed by atoms with Gasteiger partial charge in [-0.2, -0.15) is 0 Å². The number of aryl methyl sites for hydroxylation is 2. The number of likely N-dealkylation sites (tertiary alicyclic amines) is 1. The molecule has 2 N–H and O–H groups in total. The van der Waals surface area contributed by atoms with Gasteiger partial charge in [0.05, 0.1) is 25.7 Å². The van der Waals surface area contributed by atoms with E-state index >= 15 is 0 Å². The lowest BCUT2D eigenvalue weighted by Crippen LogP contribution is -2.35. The van der Waals surface area contributed by atoms with Crippen molar-refractivity contribution in [1.82, 2.24) is 4.90 Å². The number of carboxylic acids is 1. The molecule has 0 aromatic heterocycles. The van der Waals surface area contributed by atoms with Crippen LogP contribution in [0.15, 0.2) is 54.6 Å². The molecule has 0 aliphatic carbocycles. The van der Waals surface area contributed by atoms with Gasteiger partial charge in [-0.3, -0.25) is 14.5 Å². The molecule has 0 bridgehead atoms. The van der Waals surface area contributed by atoms with Crippen LogP contribution in [0.25, 0.3) is 0 Å². The minimum atomic E-state index is -0.929. The average Bonchev–Trinajstić information content (AvgIpc) is 3.67. The summed E-state index contributed by atoms with van der Waals surface area (Å²) in [5.41, 5.74) is 5.49. The van der Waals surface area contributed by atoms with E-state index in [-0.39, 0.29) is 26.0 Å². The number of para-hydroxylation sites is 1. The molecule has 3 aromatic carbocycles. The Hall–Kier alpha value is -4.12. The molecule has 1 fully saturated rings. The summed E-state index contributed by atoms with van der Waals surface area (Å²) in [7, 11) is 1.61. The van der Waals surface area contributed by atoms with Crippen LogP contribution in [0.3, 0.4) is 0 Å². The number of nitrogens with one attached hydrogen (secondary N) is 1. The Balaban J connectivity index is 1.45. The van der Waals surface area contributed by atoms with E-state index in [0.717, 1.165) is 46.3 Å². The molecule has 3 atom stereocenters. The number of ether oxygens (including phenoxy) is 5. The van der Waals surface area contributed by atoms with Crippen LogP contribution in [0.5, 0.6) is 17.2 Å². The standard InChI is InChI=1S/C35H42N2O8/c1-5-23-8-7-9-24(6-2)32(23)36-30(38)19-37-18-28(27-14-15-29-34(22(27)3)45-21-44-29)31(35(39)40)33(37)25-10-12-26(13-11-25)43-20-42-17-16-41-4/h7-15,28,31,33H,5-6,16-21H2,1-4H3,(H,36,38)(H,39,40)/t28-,31?,33+/m1/s1. The second kappa shape index (κ2) is 14.8.